The molecule has 0 saturated carbocycles. The van der Waals surface area contributed by atoms with Gasteiger partial charge in [-0.1, -0.05) is 23.2 Å². The molecule has 1 fully saturated rings. The van der Waals surface area contributed by atoms with E-state index in [1.165, 1.54) is 19.3 Å². The average Bonchev–Trinajstić information content (AvgIpc) is 2.59. The first kappa shape index (κ1) is 16.1. The fourth-order valence-electron chi connectivity index (χ4n) is 2.61. The van der Waals surface area contributed by atoms with Gasteiger partial charge in [-0.2, -0.15) is 0 Å². The number of carbonyl (C=O) groups is 1. The molecular formula is C17H17Cl2N3O. The van der Waals surface area contributed by atoms with Gasteiger partial charge in [-0.3, -0.25) is 4.79 Å². The first-order chi connectivity index (χ1) is 11.1. The molecule has 3 rings (SSSR count). The maximum atomic E-state index is 12.3. The van der Waals surface area contributed by atoms with Crippen LogP contribution in [-0.2, 0) is 0 Å². The van der Waals surface area contributed by atoms with Crippen LogP contribution in [-0.4, -0.2) is 24.0 Å². The van der Waals surface area contributed by atoms with E-state index in [2.05, 4.69) is 15.2 Å². The highest BCUT2D eigenvalue weighted by Gasteiger charge is 2.13. The summed E-state index contributed by atoms with van der Waals surface area (Å²) < 4.78 is 0. The highest BCUT2D eigenvalue weighted by Crippen LogP contribution is 2.25. The molecule has 0 unspecified atom stereocenters. The van der Waals surface area contributed by atoms with E-state index >= 15 is 0 Å². The number of pyridine rings is 1. The second-order valence-corrected chi connectivity index (χ2v) is 6.35. The van der Waals surface area contributed by atoms with Gasteiger partial charge < -0.3 is 10.2 Å². The Kier molecular flexibility index (Phi) is 5.03. The number of carbonyl (C=O) groups excluding carboxylic acids is 1. The van der Waals surface area contributed by atoms with Crippen molar-refractivity contribution in [3.05, 3.63) is 52.1 Å². The van der Waals surface area contributed by atoms with Crippen molar-refractivity contribution < 1.29 is 4.79 Å². The van der Waals surface area contributed by atoms with Crippen molar-refractivity contribution in [2.45, 2.75) is 19.3 Å². The molecule has 6 heteroatoms. The van der Waals surface area contributed by atoms with Crippen molar-refractivity contribution >= 4 is 40.6 Å². The van der Waals surface area contributed by atoms with Crippen LogP contribution >= 0.6 is 23.2 Å². The number of nitrogens with zero attached hydrogens (tertiary/aromatic N) is 2. The summed E-state index contributed by atoms with van der Waals surface area (Å²) in [6, 6.07) is 8.68. The maximum Gasteiger partial charge on any atom is 0.257 e. The van der Waals surface area contributed by atoms with E-state index in [0.29, 0.717) is 21.3 Å². The standard InChI is InChI=1S/C17H17Cl2N3O/c18-14-6-5-13(10-15(14)19)21-17(23)12-4-7-16(20-11-12)22-8-2-1-3-9-22/h4-7,10-11H,1-3,8-9H2,(H,21,23). The number of piperidine rings is 1. The minimum absolute atomic E-state index is 0.221. The molecule has 0 radical (unpaired) electrons. The molecule has 2 heterocycles. The van der Waals surface area contributed by atoms with Gasteiger partial charge in [0.15, 0.2) is 0 Å². The van der Waals surface area contributed by atoms with E-state index in [9.17, 15) is 4.79 Å². The van der Waals surface area contributed by atoms with Crippen LogP contribution in [0.15, 0.2) is 36.5 Å². The predicted octanol–water partition coefficient (Wildman–Crippen LogP) is 4.63. The molecule has 23 heavy (non-hydrogen) atoms. The van der Waals surface area contributed by atoms with Crippen LogP contribution in [0.5, 0.6) is 0 Å². The third kappa shape index (κ3) is 3.95. The van der Waals surface area contributed by atoms with E-state index in [1.54, 1.807) is 30.5 Å². The van der Waals surface area contributed by atoms with Crippen molar-refractivity contribution in [2.24, 2.45) is 0 Å². The first-order valence-electron chi connectivity index (χ1n) is 7.61. The average molecular weight is 350 g/mol. The summed E-state index contributed by atoms with van der Waals surface area (Å²) in [6.07, 6.45) is 5.28. The Labute approximate surface area is 145 Å². The van der Waals surface area contributed by atoms with Gasteiger partial charge in [0.25, 0.3) is 5.91 Å². The number of hydrogen-bond acceptors (Lipinski definition) is 3. The Morgan fingerprint density at radius 2 is 1.83 bits per heavy atom. The van der Waals surface area contributed by atoms with Crippen LogP contribution in [0.4, 0.5) is 11.5 Å². The van der Waals surface area contributed by atoms with Gasteiger partial charge in [0.05, 0.1) is 15.6 Å². The highest BCUT2D eigenvalue weighted by molar-refractivity contribution is 6.42. The summed E-state index contributed by atoms with van der Waals surface area (Å²) in [7, 11) is 0. The molecule has 1 aromatic heterocycles. The Balaban J connectivity index is 1.68. The molecule has 2 aromatic rings. The van der Waals surface area contributed by atoms with Crippen LogP contribution in [0.1, 0.15) is 29.6 Å². The number of rotatable bonds is 3. The lowest BCUT2D eigenvalue weighted by molar-refractivity contribution is 0.102. The third-order valence-electron chi connectivity index (χ3n) is 3.87. The number of aromatic nitrogens is 1. The molecule has 0 bridgehead atoms. The number of nitrogens with one attached hydrogen (secondary N) is 1. The van der Waals surface area contributed by atoms with Crippen molar-refractivity contribution in [3.8, 4) is 0 Å². The smallest absolute Gasteiger partial charge is 0.257 e. The summed E-state index contributed by atoms with van der Waals surface area (Å²) in [4.78, 5) is 18.9. The van der Waals surface area contributed by atoms with Gasteiger partial charge in [-0.05, 0) is 49.6 Å². The Morgan fingerprint density at radius 1 is 1.04 bits per heavy atom. The quantitative estimate of drug-likeness (QED) is 0.878. The number of amides is 1. The van der Waals surface area contributed by atoms with Gasteiger partial charge in [0.2, 0.25) is 0 Å². The monoisotopic (exact) mass is 349 g/mol. The lowest BCUT2D eigenvalue weighted by atomic mass is 10.1. The zero-order valence-corrected chi connectivity index (χ0v) is 14.1. The van der Waals surface area contributed by atoms with Crippen LogP contribution in [0.2, 0.25) is 10.0 Å². The molecule has 1 aromatic carbocycles. The molecule has 0 aliphatic carbocycles. The second kappa shape index (κ2) is 7.20. The van der Waals surface area contributed by atoms with E-state index in [1.807, 2.05) is 6.07 Å². The summed E-state index contributed by atoms with van der Waals surface area (Å²) in [5, 5.41) is 3.65. The van der Waals surface area contributed by atoms with Crippen molar-refractivity contribution in [3.63, 3.8) is 0 Å². The molecule has 1 aliphatic heterocycles. The SMILES string of the molecule is O=C(Nc1ccc(Cl)c(Cl)c1)c1ccc(N2CCCCC2)nc1. The van der Waals surface area contributed by atoms with Crippen LogP contribution in [0, 0.1) is 0 Å². The zero-order chi connectivity index (χ0) is 16.2. The minimum atomic E-state index is -0.221. The van der Waals surface area contributed by atoms with Crippen LogP contribution < -0.4 is 10.2 Å². The number of anilines is 2. The van der Waals surface area contributed by atoms with Gasteiger partial charge in [-0.25, -0.2) is 4.98 Å². The Hall–Kier alpha value is -1.78. The van der Waals surface area contributed by atoms with Crippen LogP contribution in [0.25, 0.3) is 0 Å². The summed E-state index contributed by atoms with van der Waals surface area (Å²) in [5.74, 6) is 0.705. The third-order valence-corrected chi connectivity index (χ3v) is 4.61. The normalized spacial score (nSPS) is 14.6. The lowest BCUT2D eigenvalue weighted by Gasteiger charge is -2.27. The fourth-order valence-corrected chi connectivity index (χ4v) is 2.91. The van der Waals surface area contributed by atoms with Crippen LogP contribution in [0.3, 0.4) is 0 Å². The molecule has 1 aliphatic rings. The molecule has 1 saturated heterocycles. The molecule has 4 nitrogen and oxygen atoms in total. The van der Waals surface area contributed by atoms with E-state index < -0.39 is 0 Å². The molecule has 0 spiro atoms. The molecule has 1 N–H and O–H groups in total. The topological polar surface area (TPSA) is 45.2 Å². The molecule has 0 atom stereocenters. The molecular weight excluding hydrogens is 333 g/mol. The van der Waals surface area contributed by atoms with Gasteiger partial charge >= 0.3 is 0 Å². The van der Waals surface area contributed by atoms with E-state index in [-0.39, 0.29) is 5.91 Å². The van der Waals surface area contributed by atoms with E-state index in [4.69, 9.17) is 23.2 Å². The van der Waals surface area contributed by atoms with Crippen molar-refractivity contribution in [2.75, 3.05) is 23.3 Å². The van der Waals surface area contributed by atoms with Crippen molar-refractivity contribution in [1.82, 2.24) is 4.98 Å². The summed E-state index contributed by atoms with van der Waals surface area (Å²) in [5.41, 5.74) is 1.11. The maximum absolute atomic E-state index is 12.3. The van der Waals surface area contributed by atoms with Gasteiger partial charge in [0.1, 0.15) is 5.82 Å². The molecule has 120 valence electrons. The van der Waals surface area contributed by atoms with E-state index in [0.717, 1.165) is 18.9 Å². The number of hydrogen-bond donors (Lipinski definition) is 1. The van der Waals surface area contributed by atoms with Gasteiger partial charge in [0, 0.05) is 25.0 Å². The summed E-state index contributed by atoms with van der Waals surface area (Å²) in [6.45, 7) is 2.06. The zero-order valence-electron chi connectivity index (χ0n) is 12.6. The minimum Gasteiger partial charge on any atom is -0.357 e. The first-order valence-corrected chi connectivity index (χ1v) is 8.36. The van der Waals surface area contributed by atoms with Gasteiger partial charge in [-0.15, -0.1) is 0 Å². The predicted molar refractivity (Wildman–Crippen MR) is 94.7 cm³/mol. The number of halogens is 2. The fraction of sp³-hybridized carbons (Fsp3) is 0.294. The lowest BCUT2D eigenvalue weighted by Crippen LogP contribution is -2.30. The molecule has 1 amide bonds. The highest BCUT2D eigenvalue weighted by atomic mass is 35.5. The second-order valence-electron chi connectivity index (χ2n) is 5.54. The Morgan fingerprint density at radius 3 is 2.48 bits per heavy atom. The number of benzene rings is 1. The summed E-state index contributed by atoms with van der Waals surface area (Å²) >= 11 is 11.8. The Bertz CT molecular complexity index is 697. The largest absolute Gasteiger partial charge is 0.357 e. The van der Waals surface area contributed by atoms with Crippen molar-refractivity contribution in [1.29, 1.82) is 0 Å².